The summed E-state index contributed by atoms with van der Waals surface area (Å²) >= 11 is 9.36. The van der Waals surface area contributed by atoms with Crippen LogP contribution in [0.25, 0.3) is 10.9 Å². The first-order valence-corrected chi connectivity index (χ1v) is 8.97. The van der Waals surface area contributed by atoms with Gasteiger partial charge in [-0.15, -0.1) is 0 Å². The van der Waals surface area contributed by atoms with Crippen LogP contribution in [0.5, 0.6) is 0 Å². The highest BCUT2D eigenvalue weighted by atomic mass is 79.9. The molecule has 0 radical (unpaired) electrons. The average Bonchev–Trinajstić information content (AvgIpc) is 2.54. The van der Waals surface area contributed by atoms with E-state index in [1.165, 1.54) is 10.9 Å². The third-order valence-corrected chi connectivity index (χ3v) is 5.50. The topological polar surface area (TPSA) is 90.0 Å². The zero-order chi connectivity index (χ0) is 17.3. The summed E-state index contributed by atoms with van der Waals surface area (Å²) < 4.78 is 2.00. The summed E-state index contributed by atoms with van der Waals surface area (Å²) in [6.45, 7) is 0.858. The van der Waals surface area contributed by atoms with Gasteiger partial charge in [-0.25, -0.2) is 4.98 Å². The fourth-order valence-electron chi connectivity index (χ4n) is 2.97. The highest BCUT2D eigenvalue weighted by Gasteiger charge is 2.23. The lowest BCUT2D eigenvalue weighted by atomic mass is 9.95. The lowest BCUT2D eigenvalue weighted by Gasteiger charge is -2.29. The summed E-state index contributed by atoms with van der Waals surface area (Å²) in [6, 6.07) is 3.21. The van der Waals surface area contributed by atoms with Gasteiger partial charge in [-0.3, -0.25) is 14.2 Å². The number of nitrogens with two attached hydrogens (primary N) is 1. The van der Waals surface area contributed by atoms with Crippen molar-refractivity contribution in [2.24, 2.45) is 5.73 Å². The first-order chi connectivity index (χ1) is 11.5. The maximum Gasteiger partial charge on any atom is 0.261 e. The monoisotopic (exact) mass is 412 g/mol. The van der Waals surface area contributed by atoms with Crippen LogP contribution >= 0.6 is 27.5 Å². The number of rotatable bonds is 4. The molecule has 8 heteroatoms. The number of carbonyl (C=O) groups is 1. The minimum atomic E-state index is -0.274. The molecule has 1 saturated heterocycles. The molecule has 3 rings (SSSR count). The van der Waals surface area contributed by atoms with Gasteiger partial charge in [-0.2, -0.15) is 0 Å². The lowest BCUT2D eigenvalue weighted by molar-refractivity contribution is -0.120. The predicted molar refractivity (Wildman–Crippen MR) is 97.3 cm³/mol. The van der Waals surface area contributed by atoms with Crippen molar-refractivity contribution in [2.75, 3.05) is 6.54 Å². The Morgan fingerprint density at radius 2 is 2.29 bits per heavy atom. The summed E-state index contributed by atoms with van der Waals surface area (Å²) in [5, 5.41) is 4.10. The lowest BCUT2D eigenvalue weighted by Crippen LogP contribution is -2.50. The second-order valence-electron chi connectivity index (χ2n) is 6.07. The van der Waals surface area contributed by atoms with E-state index in [-0.39, 0.29) is 30.0 Å². The summed E-state index contributed by atoms with van der Waals surface area (Å²) in [7, 11) is 0. The molecule has 2 atom stereocenters. The van der Waals surface area contributed by atoms with Crippen molar-refractivity contribution in [1.82, 2.24) is 14.9 Å². The minimum absolute atomic E-state index is 0.0135. The zero-order valence-corrected chi connectivity index (χ0v) is 15.3. The summed E-state index contributed by atoms with van der Waals surface area (Å²) in [5.41, 5.74) is 6.30. The maximum absolute atomic E-state index is 12.5. The Balaban J connectivity index is 1.79. The van der Waals surface area contributed by atoms with Crippen molar-refractivity contribution in [3.05, 3.63) is 38.3 Å². The summed E-state index contributed by atoms with van der Waals surface area (Å²) in [4.78, 5) is 29.1. The molecule has 6 nitrogen and oxygen atoms in total. The van der Waals surface area contributed by atoms with Crippen LogP contribution in [-0.2, 0) is 11.3 Å². The molecule has 1 aromatic carbocycles. The number of nitrogens with zero attached hydrogens (tertiary/aromatic N) is 2. The van der Waals surface area contributed by atoms with Gasteiger partial charge in [0, 0.05) is 23.0 Å². The molecule has 0 amide bonds. The highest BCUT2D eigenvalue weighted by Crippen LogP contribution is 2.25. The van der Waals surface area contributed by atoms with Crippen molar-refractivity contribution >= 4 is 44.2 Å². The van der Waals surface area contributed by atoms with E-state index in [1.807, 2.05) is 0 Å². The van der Waals surface area contributed by atoms with Crippen LogP contribution in [0.2, 0.25) is 5.02 Å². The number of piperidine rings is 1. The number of aromatic nitrogens is 2. The van der Waals surface area contributed by atoms with E-state index in [9.17, 15) is 9.59 Å². The third kappa shape index (κ3) is 3.69. The Bertz CT molecular complexity index is 839. The first-order valence-electron chi connectivity index (χ1n) is 7.80. The fourth-order valence-corrected chi connectivity index (χ4v) is 3.46. The molecule has 0 spiro atoms. The van der Waals surface area contributed by atoms with Gasteiger partial charge in [-0.1, -0.05) is 11.6 Å². The van der Waals surface area contributed by atoms with Gasteiger partial charge < -0.3 is 11.1 Å². The molecule has 0 unspecified atom stereocenters. The number of fused-ring (bicyclic) bond motifs is 1. The fraction of sp³-hybridized carbons (Fsp3) is 0.438. The smallest absolute Gasteiger partial charge is 0.261 e. The van der Waals surface area contributed by atoms with E-state index in [0.29, 0.717) is 26.8 Å². The molecule has 0 saturated carbocycles. The molecule has 0 aliphatic carbocycles. The Hall–Kier alpha value is -1.28. The molecule has 1 fully saturated rings. The molecule has 2 heterocycles. The van der Waals surface area contributed by atoms with Gasteiger partial charge in [0.25, 0.3) is 5.56 Å². The number of hydrogen-bond acceptors (Lipinski definition) is 5. The van der Waals surface area contributed by atoms with Crippen LogP contribution < -0.4 is 16.6 Å². The SMILES string of the molecule is N[C@H]1CCCN[C@@H]1CC(=O)Cn1cnc2cc(Br)c(Cl)cc2c1=O. The van der Waals surface area contributed by atoms with Crippen LogP contribution in [0.15, 0.2) is 27.7 Å². The Morgan fingerprint density at radius 3 is 3.04 bits per heavy atom. The largest absolute Gasteiger partial charge is 0.326 e. The van der Waals surface area contributed by atoms with E-state index in [4.69, 9.17) is 17.3 Å². The van der Waals surface area contributed by atoms with Crippen LogP contribution in [-0.4, -0.2) is 34.0 Å². The Kier molecular flexibility index (Phi) is 5.34. The molecular formula is C16H18BrClN4O2. The molecule has 24 heavy (non-hydrogen) atoms. The third-order valence-electron chi connectivity index (χ3n) is 4.30. The highest BCUT2D eigenvalue weighted by molar-refractivity contribution is 9.10. The van der Waals surface area contributed by atoms with Gasteiger partial charge in [0.15, 0.2) is 5.78 Å². The van der Waals surface area contributed by atoms with Gasteiger partial charge in [0.1, 0.15) is 0 Å². The van der Waals surface area contributed by atoms with E-state index in [2.05, 4.69) is 26.2 Å². The molecule has 3 N–H and O–H groups in total. The number of hydrogen-bond donors (Lipinski definition) is 2. The first kappa shape index (κ1) is 17.5. The molecule has 1 aliphatic heterocycles. The van der Waals surface area contributed by atoms with Crippen molar-refractivity contribution in [3.63, 3.8) is 0 Å². The van der Waals surface area contributed by atoms with Crippen LogP contribution in [0, 0.1) is 0 Å². The number of carbonyl (C=O) groups excluding carboxylic acids is 1. The average molecular weight is 414 g/mol. The maximum atomic E-state index is 12.5. The van der Waals surface area contributed by atoms with Gasteiger partial charge in [-0.05, 0) is 47.4 Å². The minimum Gasteiger partial charge on any atom is -0.326 e. The predicted octanol–water partition coefficient (Wildman–Crippen LogP) is 1.85. The van der Waals surface area contributed by atoms with Crippen molar-refractivity contribution < 1.29 is 4.79 Å². The quantitative estimate of drug-likeness (QED) is 0.798. The Labute approximate surface area is 152 Å². The van der Waals surface area contributed by atoms with Gasteiger partial charge in [0.2, 0.25) is 0 Å². The van der Waals surface area contributed by atoms with E-state index in [0.717, 1.165) is 19.4 Å². The number of nitrogens with one attached hydrogen (secondary N) is 1. The normalized spacial score (nSPS) is 21.1. The second kappa shape index (κ2) is 7.31. The number of benzene rings is 1. The van der Waals surface area contributed by atoms with E-state index >= 15 is 0 Å². The standard InChI is InChI=1S/C16H18BrClN4O2/c17-11-6-14-10(5-12(11)18)16(24)22(8-21-14)7-9(23)4-15-13(19)2-1-3-20-15/h5-6,8,13,15,20H,1-4,7,19H2/t13-,15+/m0/s1. The second-order valence-corrected chi connectivity index (χ2v) is 7.33. The summed E-state index contributed by atoms with van der Waals surface area (Å²) in [5.74, 6) is -0.0451. The summed E-state index contributed by atoms with van der Waals surface area (Å²) in [6.07, 6.45) is 3.65. The molecule has 0 bridgehead atoms. The Morgan fingerprint density at radius 1 is 1.50 bits per heavy atom. The number of Topliss-reactive ketones (excluding diaryl/α,β-unsaturated/α-hetero) is 1. The zero-order valence-electron chi connectivity index (χ0n) is 13.0. The molecule has 1 aliphatic rings. The van der Waals surface area contributed by atoms with Crippen LogP contribution in [0.3, 0.4) is 0 Å². The molecular weight excluding hydrogens is 396 g/mol. The molecule has 2 aromatic rings. The van der Waals surface area contributed by atoms with Gasteiger partial charge in [0.05, 0.1) is 28.8 Å². The molecule has 128 valence electrons. The van der Waals surface area contributed by atoms with Crippen molar-refractivity contribution in [3.8, 4) is 0 Å². The van der Waals surface area contributed by atoms with Gasteiger partial charge >= 0.3 is 0 Å². The van der Waals surface area contributed by atoms with Crippen LogP contribution in [0.4, 0.5) is 0 Å². The number of ketones is 1. The van der Waals surface area contributed by atoms with Crippen LogP contribution in [0.1, 0.15) is 19.3 Å². The van der Waals surface area contributed by atoms with Crippen molar-refractivity contribution in [1.29, 1.82) is 0 Å². The number of halogens is 2. The molecule has 1 aromatic heterocycles. The van der Waals surface area contributed by atoms with E-state index in [1.54, 1.807) is 12.1 Å². The van der Waals surface area contributed by atoms with E-state index < -0.39 is 0 Å². The van der Waals surface area contributed by atoms with Crippen molar-refractivity contribution in [2.45, 2.75) is 37.9 Å².